The van der Waals surface area contributed by atoms with Crippen molar-refractivity contribution in [2.45, 2.75) is 398 Å². The largest absolute Gasteiger partial charge is 0.466 e. The second kappa shape index (κ2) is 69.3. The smallest absolute Gasteiger partial charge is 0.305 e. The molecule has 80 heavy (non-hydrogen) atoms. The predicted molar refractivity (Wildman–Crippen MR) is 352 cm³/mol. The first kappa shape index (κ1) is 77.8. The second-order valence-electron chi connectivity index (χ2n) is 24.6. The summed E-state index contributed by atoms with van der Waals surface area (Å²) < 4.78 is 5.48. The maximum absolute atomic E-state index is 12.5. The minimum Gasteiger partial charge on any atom is -0.466 e. The topological polar surface area (TPSA) is 95.9 Å². The van der Waals surface area contributed by atoms with Crippen LogP contribution >= 0.6 is 0 Å². The van der Waals surface area contributed by atoms with Gasteiger partial charge in [0.25, 0.3) is 0 Å². The molecule has 6 nitrogen and oxygen atoms in total. The first-order chi connectivity index (χ1) is 39.5. The highest BCUT2D eigenvalue weighted by Crippen LogP contribution is 2.18. The molecule has 0 fully saturated rings. The first-order valence-corrected chi connectivity index (χ1v) is 35.9. The molecule has 470 valence electrons. The van der Waals surface area contributed by atoms with E-state index >= 15 is 0 Å². The third-order valence-electron chi connectivity index (χ3n) is 16.6. The molecule has 1 amide bonds. The summed E-state index contributed by atoms with van der Waals surface area (Å²) in [4.78, 5) is 24.5. The molecular formula is C74H139NO5. The fraction of sp³-hybridized carbons (Fsp3) is 0.865. The summed E-state index contributed by atoms with van der Waals surface area (Å²) >= 11 is 0. The van der Waals surface area contributed by atoms with Gasteiger partial charge in [0.15, 0.2) is 0 Å². The van der Waals surface area contributed by atoms with Gasteiger partial charge in [0.2, 0.25) is 5.91 Å². The Kier molecular flexibility index (Phi) is 67.4. The zero-order chi connectivity index (χ0) is 57.8. The number of carbonyl (C=O) groups is 2. The Labute approximate surface area is 499 Å². The normalized spacial score (nSPS) is 12.8. The lowest BCUT2D eigenvalue weighted by Crippen LogP contribution is -2.45. The second-order valence-corrected chi connectivity index (χ2v) is 24.6. The Balaban J connectivity index is 3.35. The van der Waals surface area contributed by atoms with E-state index in [0.29, 0.717) is 19.4 Å². The van der Waals surface area contributed by atoms with Crippen LogP contribution in [0.15, 0.2) is 48.6 Å². The Hall–Kier alpha value is -2.18. The molecule has 0 aromatic carbocycles. The van der Waals surface area contributed by atoms with Crippen LogP contribution in [-0.2, 0) is 14.3 Å². The molecule has 2 atom stereocenters. The molecule has 0 spiro atoms. The molecule has 0 radical (unpaired) electrons. The fourth-order valence-corrected chi connectivity index (χ4v) is 11.1. The van der Waals surface area contributed by atoms with E-state index in [1.54, 1.807) is 6.08 Å². The number of allylic oxidation sites excluding steroid dienone is 7. The van der Waals surface area contributed by atoms with E-state index in [-0.39, 0.29) is 18.5 Å². The summed E-state index contributed by atoms with van der Waals surface area (Å²) in [7, 11) is 0. The monoisotopic (exact) mass is 1120 g/mol. The third kappa shape index (κ3) is 65.0. The van der Waals surface area contributed by atoms with Crippen molar-refractivity contribution >= 4 is 11.9 Å². The number of unbranched alkanes of at least 4 members (excludes halogenated alkanes) is 50. The summed E-state index contributed by atoms with van der Waals surface area (Å²) in [6, 6.07) is -0.625. The van der Waals surface area contributed by atoms with Gasteiger partial charge in [-0.05, 0) is 89.9 Å². The molecule has 0 aliphatic carbocycles. The van der Waals surface area contributed by atoms with Crippen LogP contribution in [0.3, 0.4) is 0 Å². The molecule has 3 N–H and O–H groups in total. The quantitative estimate of drug-likeness (QED) is 0.0320. The number of amides is 1. The molecule has 0 rings (SSSR count). The molecule has 0 aromatic heterocycles. The summed E-state index contributed by atoms with van der Waals surface area (Å²) in [5.74, 6) is -0.0545. The molecule has 0 aromatic rings. The lowest BCUT2D eigenvalue weighted by atomic mass is 10.0. The van der Waals surface area contributed by atoms with Gasteiger partial charge in [-0.3, -0.25) is 9.59 Å². The molecular weight excluding hydrogens is 983 g/mol. The lowest BCUT2D eigenvalue weighted by molar-refractivity contribution is -0.143. The van der Waals surface area contributed by atoms with E-state index < -0.39 is 12.1 Å². The molecule has 0 aliphatic heterocycles. The predicted octanol–water partition coefficient (Wildman–Crippen LogP) is 23.3. The van der Waals surface area contributed by atoms with Crippen LogP contribution in [-0.4, -0.2) is 47.4 Å². The van der Waals surface area contributed by atoms with Crippen LogP contribution in [0, 0.1) is 0 Å². The summed E-state index contributed by atoms with van der Waals surface area (Å²) in [5.41, 5.74) is 0. The number of carbonyl (C=O) groups excluding carboxylic acids is 2. The Bertz CT molecular complexity index is 1340. The number of aliphatic hydroxyl groups excluding tert-OH is 2. The van der Waals surface area contributed by atoms with E-state index in [9.17, 15) is 19.8 Å². The minimum absolute atomic E-state index is 0.00996. The maximum Gasteiger partial charge on any atom is 0.305 e. The van der Waals surface area contributed by atoms with Gasteiger partial charge in [0.05, 0.1) is 25.4 Å². The van der Waals surface area contributed by atoms with Crippen molar-refractivity contribution in [3.63, 3.8) is 0 Å². The molecule has 0 heterocycles. The van der Waals surface area contributed by atoms with E-state index in [2.05, 4.69) is 55.6 Å². The number of aliphatic hydroxyl groups is 2. The highest BCUT2D eigenvalue weighted by Gasteiger charge is 2.18. The number of esters is 1. The SMILES string of the molecule is CCCCC/C=C\CCCCCCCC(=O)OCCCCCCCCCCCCCCCCC/C=C\C/C=C\CCCCCCCCCCCCCCCCCCCC(=O)NC(CO)C(O)/C=C/CCCCCCCCCCCC. The zero-order valence-electron chi connectivity index (χ0n) is 53.8. The van der Waals surface area contributed by atoms with Gasteiger partial charge >= 0.3 is 5.97 Å². The molecule has 0 saturated heterocycles. The van der Waals surface area contributed by atoms with Crippen LogP contribution in [0.25, 0.3) is 0 Å². The number of ether oxygens (including phenoxy) is 1. The highest BCUT2D eigenvalue weighted by molar-refractivity contribution is 5.76. The van der Waals surface area contributed by atoms with E-state index in [1.807, 2.05) is 6.08 Å². The van der Waals surface area contributed by atoms with Gasteiger partial charge in [-0.25, -0.2) is 0 Å². The Morgan fingerprint density at radius 1 is 0.350 bits per heavy atom. The molecule has 0 aliphatic rings. The van der Waals surface area contributed by atoms with Crippen molar-refractivity contribution < 1.29 is 24.5 Å². The summed E-state index contributed by atoms with van der Waals surface area (Å²) in [5, 5.41) is 23.1. The van der Waals surface area contributed by atoms with Crippen molar-refractivity contribution in [1.82, 2.24) is 5.32 Å². The average Bonchev–Trinajstić information content (AvgIpc) is 3.46. The number of rotatable bonds is 67. The van der Waals surface area contributed by atoms with Gasteiger partial charge in [0.1, 0.15) is 0 Å². The van der Waals surface area contributed by atoms with Gasteiger partial charge in [-0.15, -0.1) is 0 Å². The van der Waals surface area contributed by atoms with Crippen molar-refractivity contribution in [2.75, 3.05) is 13.2 Å². The van der Waals surface area contributed by atoms with Crippen LogP contribution in [0.4, 0.5) is 0 Å². The molecule has 6 heteroatoms. The highest BCUT2D eigenvalue weighted by atomic mass is 16.5. The van der Waals surface area contributed by atoms with Gasteiger partial charge in [0, 0.05) is 12.8 Å². The molecule has 0 bridgehead atoms. The van der Waals surface area contributed by atoms with Crippen LogP contribution in [0.5, 0.6) is 0 Å². The third-order valence-corrected chi connectivity index (χ3v) is 16.6. The van der Waals surface area contributed by atoms with Gasteiger partial charge in [-0.1, -0.05) is 332 Å². The summed E-state index contributed by atoms with van der Waals surface area (Å²) in [6.07, 6.45) is 90.7. The Morgan fingerprint density at radius 2 is 0.625 bits per heavy atom. The number of hydrogen-bond acceptors (Lipinski definition) is 5. The standard InChI is InChI=1S/C74H139NO5/c1-3-5-7-9-11-13-15-46-50-54-58-62-66-72(77)71(70-76)75-73(78)67-63-59-55-51-47-44-42-40-38-36-34-32-30-28-26-24-22-20-18-17-19-21-23-25-27-29-31-33-35-37-39-41-43-45-49-53-57-61-65-69-80-74(79)68-64-60-56-52-48-16-14-12-10-8-6-4-2/h12,14,17-18,21,23,62,66,71-72,76-77H,3-11,13,15-16,19-20,22,24-61,63-65,67-70H2,1-2H3,(H,75,78)/b14-12-,18-17-,23-21-,66-62+. The zero-order valence-corrected chi connectivity index (χ0v) is 53.8. The van der Waals surface area contributed by atoms with Crippen molar-refractivity contribution in [1.29, 1.82) is 0 Å². The van der Waals surface area contributed by atoms with Crippen molar-refractivity contribution in [3.8, 4) is 0 Å². The molecule has 2 unspecified atom stereocenters. The van der Waals surface area contributed by atoms with Crippen LogP contribution in [0.2, 0.25) is 0 Å². The van der Waals surface area contributed by atoms with E-state index in [1.165, 1.54) is 308 Å². The maximum atomic E-state index is 12.5. The van der Waals surface area contributed by atoms with Crippen LogP contribution in [0.1, 0.15) is 386 Å². The number of hydrogen-bond donors (Lipinski definition) is 3. The number of nitrogens with one attached hydrogen (secondary N) is 1. The average molecular weight is 1120 g/mol. The van der Waals surface area contributed by atoms with E-state index in [4.69, 9.17) is 4.74 Å². The fourth-order valence-electron chi connectivity index (χ4n) is 11.1. The van der Waals surface area contributed by atoms with Gasteiger partial charge in [-0.2, -0.15) is 0 Å². The summed E-state index contributed by atoms with van der Waals surface area (Å²) in [6.45, 7) is 4.89. The van der Waals surface area contributed by atoms with Crippen LogP contribution < -0.4 is 5.32 Å². The van der Waals surface area contributed by atoms with Crippen molar-refractivity contribution in [3.05, 3.63) is 48.6 Å². The molecule has 0 saturated carbocycles. The van der Waals surface area contributed by atoms with Crippen molar-refractivity contribution in [2.24, 2.45) is 0 Å². The first-order valence-electron chi connectivity index (χ1n) is 35.9. The minimum atomic E-state index is -0.841. The lowest BCUT2D eigenvalue weighted by Gasteiger charge is -2.20. The van der Waals surface area contributed by atoms with E-state index in [0.717, 1.165) is 51.4 Å². The Morgan fingerprint density at radius 3 is 0.988 bits per heavy atom. The van der Waals surface area contributed by atoms with Gasteiger partial charge < -0.3 is 20.3 Å².